The van der Waals surface area contributed by atoms with Crippen LogP contribution >= 0.6 is 11.6 Å². The van der Waals surface area contributed by atoms with Gasteiger partial charge < -0.3 is 25.6 Å². The zero-order valence-corrected chi connectivity index (χ0v) is 20.7. The SMILES string of the molecule is COc1cc(Nc2ncccc2C(=O)/C=C/c2cccnc2Nc2ccc(Cl)cc2)cc(CO)c1CO. The maximum absolute atomic E-state index is 13.2. The van der Waals surface area contributed by atoms with Crippen molar-refractivity contribution < 1.29 is 19.7 Å². The topological polar surface area (TPSA) is 117 Å². The molecule has 0 amide bonds. The fourth-order valence-corrected chi connectivity index (χ4v) is 3.83. The zero-order chi connectivity index (χ0) is 26.2. The second-order valence-corrected chi connectivity index (χ2v) is 8.36. The number of methoxy groups -OCH3 is 1. The molecule has 8 nitrogen and oxygen atoms in total. The summed E-state index contributed by atoms with van der Waals surface area (Å²) in [6.07, 6.45) is 6.38. The van der Waals surface area contributed by atoms with Gasteiger partial charge in [0.15, 0.2) is 5.78 Å². The fourth-order valence-electron chi connectivity index (χ4n) is 3.70. The number of aromatic nitrogens is 2. The van der Waals surface area contributed by atoms with E-state index in [4.69, 9.17) is 16.3 Å². The monoisotopic (exact) mass is 516 g/mol. The van der Waals surface area contributed by atoms with Gasteiger partial charge in [-0.1, -0.05) is 11.6 Å². The van der Waals surface area contributed by atoms with Crippen LogP contribution in [0.3, 0.4) is 0 Å². The van der Waals surface area contributed by atoms with Gasteiger partial charge in [-0.2, -0.15) is 0 Å². The van der Waals surface area contributed by atoms with Crippen molar-refractivity contribution in [1.82, 2.24) is 9.97 Å². The van der Waals surface area contributed by atoms with E-state index in [9.17, 15) is 15.0 Å². The summed E-state index contributed by atoms with van der Waals surface area (Å²) in [5, 5.41) is 26.3. The molecular weight excluding hydrogens is 492 g/mol. The number of pyridine rings is 2. The van der Waals surface area contributed by atoms with Gasteiger partial charge >= 0.3 is 0 Å². The van der Waals surface area contributed by atoms with E-state index < -0.39 is 0 Å². The second kappa shape index (κ2) is 12.1. The number of anilines is 4. The summed E-state index contributed by atoms with van der Waals surface area (Å²) in [4.78, 5) is 21.9. The molecule has 9 heteroatoms. The number of aliphatic hydroxyl groups excluding tert-OH is 2. The van der Waals surface area contributed by atoms with Gasteiger partial charge in [0.2, 0.25) is 0 Å². The average molecular weight is 517 g/mol. The molecule has 2 aromatic heterocycles. The lowest BCUT2D eigenvalue weighted by atomic mass is 10.1. The first-order chi connectivity index (χ1) is 18.0. The van der Waals surface area contributed by atoms with Crippen LogP contribution in [-0.4, -0.2) is 33.1 Å². The number of carbonyl (C=O) groups excluding carboxylic acids is 1. The van der Waals surface area contributed by atoms with E-state index in [2.05, 4.69) is 20.6 Å². The Bertz CT molecular complexity index is 1400. The van der Waals surface area contributed by atoms with Gasteiger partial charge in [-0.05, 0) is 72.3 Å². The predicted octanol–water partition coefficient (Wildman–Crippen LogP) is 5.51. The molecule has 0 atom stereocenters. The van der Waals surface area contributed by atoms with E-state index in [0.29, 0.717) is 44.8 Å². The number of carbonyl (C=O) groups is 1. The number of rotatable bonds is 10. The molecule has 2 aromatic carbocycles. The Kier molecular flexibility index (Phi) is 8.48. The fraction of sp³-hybridized carbons (Fsp3) is 0.107. The molecule has 4 N–H and O–H groups in total. The van der Waals surface area contributed by atoms with Crippen LogP contribution in [0.25, 0.3) is 6.08 Å². The van der Waals surface area contributed by atoms with Gasteiger partial charge in [0.25, 0.3) is 0 Å². The van der Waals surface area contributed by atoms with Crippen molar-refractivity contribution in [1.29, 1.82) is 0 Å². The van der Waals surface area contributed by atoms with Crippen LogP contribution in [0.15, 0.2) is 79.1 Å². The summed E-state index contributed by atoms with van der Waals surface area (Å²) < 4.78 is 5.35. The third-order valence-corrected chi connectivity index (χ3v) is 5.80. The summed E-state index contributed by atoms with van der Waals surface area (Å²) in [6, 6.07) is 17.6. The quantitative estimate of drug-likeness (QED) is 0.161. The molecule has 4 aromatic rings. The maximum atomic E-state index is 13.2. The Morgan fingerprint density at radius 2 is 1.65 bits per heavy atom. The molecular formula is C28H25ClN4O4. The number of hydrogen-bond donors (Lipinski definition) is 4. The first-order valence-electron chi connectivity index (χ1n) is 11.4. The molecule has 0 saturated heterocycles. The molecule has 4 rings (SSSR count). The first-order valence-corrected chi connectivity index (χ1v) is 11.7. The van der Waals surface area contributed by atoms with Gasteiger partial charge in [0.1, 0.15) is 17.4 Å². The summed E-state index contributed by atoms with van der Waals surface area (Å²) in [5.74, 6) is 1.08. The third-order valence-electron chi connectivity index (χ3n) is 5.55. The molecule has 0 spiro atoms. The van der Waals surface area contributed by atoms with Gasteiger partial charge in [0, 0.05) is 46.0 Å². The highest BCUT2D eigenvalue weighted by Crippen LogP contribution is 2.30. The average Bonchev–Trinajstić information content (AvgIpc) is 2.93. The molecule has 0 aliphatic carbocycles. The molecule has 188 valence electrons. The predicted molar refractivity (Wildman–Crippen MR) is 145 cm³/mol. The molecule has 37 heavy (non-hydrogen) atoms. The van der Waals surface area contributed by atoms with E-state index in [1.165, 1.54) is 13.2 Å². The Labute approximate surface area is 219 Å². The first kappa shape index (κ1) is 25.8. The molecule has 0 radical (unpaired) electrons. The number of nitrogens with one attached hydrogen (secondary N) is 2. The summed E-state index contributed by atoms with van der Waals surface area (Å²) >= 11 is 5.97. The number of allylic oxidation sites excluding steroid dienone is 1. The Hall–Kier alpha value is -4.24. The number of ketones is 1. The van der Waals surface area contributed by atoms with Gasteiger partial charge in [0.05, 0.1) is 25.9 Å². The van der Waals surface area contributed by atoms with Gasteiger partial charge in [-0.3, -0.25) is 4.79 Å². The Morgan fingerprint density at radius 1 is 0.946 bits per heavy atom. The van der Waals surface area contributed by atoms with E-state index in [1.54, 1.807) is 60.9 Å². The zero-order valence-electron chi connectivity index (χ0n) is 20.0. The normalized spacial score (nSPS) is 10.9. The highest BCUT2D eigenvalue weighted by atomic mass is 35.5. The largest absolute Gasteiger partial charge is 0.496 e. The molecule has 0 unspecified atom stereocenters. The van der Waals surface area contributed by atoms with Crippen LogP contribution < -0.4 is 15.4 Å². The highest BCUT2D eigenvalue weighted by Gasteiger charge is 2.14. The van der Waals surface area contributed by atoms with Crippen molar-refractivity contribution in [2.45, 2.75) is 13.2 Å². The maximum Gasteiger partial charge on any atom is 0.189 e. The van der Waals surface area contributed by atoms with Crippen molar-refractivity contribution in [2.75, 3.05) is 17.7 Å². The second-order valence-electron chi connectivity index (χ2n) is 7.93. The van der Waals surface area contributed by atoms with Crippen molar-refractivity contribution >= 4 is 46.5 Å². The molecule has 0 fully saturated rings. The van der Waals surface area contributed by atoms with Gasteiger partial charge in [-0.15, -0.1) is 0 Å². The number of nitrogens with zero attached hydrogens (tertiary/aromatic N) is 2. The number of benzene rings is 2. The molecule has 0 aliphatic heterocycles. The van der Waals surface area contributed by atoms with E-state index >= 15 is 0 Å². The highest BCUT2D eigenvalue weighted by molar-refractivity contribution is 6.30. The smallest absolute Gasteiger partial charge is 0.189 e. The van der Waals surface area contributed by atoms with E-state index in [1.807, 2.05) is 18.2 Å². The van der Waals surface area contributed by atoms with Crippen molar-refractivity contribution in [3.8, 4) is 5.75 Å². The number of hydrogen-bond acceptors (Lipinski definition) is 8. The third kappa shape index (κ3) is 6.31. The molecule has 2 heterocycles. The van der Waals surface area contributed by atoms with Crippen LogP contribution in [0, 0.1) is 0 Å². The lowest BCUT2D eigenvalue weighted by Gasteiger charge is -2.15. The molecule has 0 bridgehead atoms. The van der Waals surface area contributed by atoms with E-state index in [0.717, 1.165) is 11.3 Å². The molecule has 0 saturated carbocycles. The lowest BCUT2D eigenvalue weighted by molar-refractivity contribution is 0.104. The molecule has 0 aliphatic rings. The summed E-state index contributed by atoms with van der Waals surface area (Å²) in [7, 11) is 1.48. The van der Waals surface area contributed by atoms with Crippen LogP contribution in [0.2, 0.25) is 5.02 Å². The number of aliphatic hydroxyl groups is 2. The van der Waals surface area contributed by atoms with Crippen LogP contribution in [0.1, 0.15) is 27.0 Å². The van der Waals surface area contributed by atoms with Crippen LogP contribution in [-0.2, 0) is 13.2 Å². The Morgan fingerprint density at radius 3 is 2.35 bits per heavy atom. The Balaban J connectivity index is 1.58. The minimum absolute atomic E-state index is 0.266. The van der Waals surface area contributed by atoms with E-state index in [-0.39, 0.29) is 19.0 Å². The van der Waals surface area contributed by atoms with Crippen LogP contribution in [0.5, 0.6) is 5.75 Å². The van der Waals surface area contributed by atoms with Gasteiger partial charge in [-0.25, -0.2) is 9.97 Å². The van der Waals surface area contributed by atoms with Crippen LogP contribution in [0.4, 0.5) is 23.0 Å². The van der Waals surface area contributed by atoms with Crippen molar-refractivity contribution in [3.63, 3.8) is 0 Å². The summed E-state index contributed by atoms with van der Waals surface area (Å²) in [5.41, 5.74) is 3.44. The standard InChI is InChI=1S/C28H25ClN4O4/c1-37-26-15-22(14-19(16-34)24(26)17-35)33-28-23(5-3-13-31-28)25(36)11-6-18-4-2-12-30-27(18)32-21-9-7-20(29)8-10-21/h2-15,34-35H,16-17H2,1H3,(H,30,32)(H,31,33)/b11-6+. The summed E-state index contributed by atoms with van der Waals surface area (Å²) in [6.45, 7) is -0.559. The van der Waals surface area contributed by atoms with Crippen molar-refractivity contribution in [2.24, 2.45) is 0 Å². The number of ether oxygens (including phenoxy) is 1. The number of halogens is 1. The minimum Gasteiger partial charge on any atom is -0.496 e. The van der Waals surface area contributed by atoms with Crippen molar-refractivity contribution in [3.05, 3.63) is 106 Å². The lowest BCUT2D eigenvalue weighted by Crippen LogP contribution is -2.05. The minimum atomic E-state index is -0.282.